The number of carbonyl (C=O) groups excluding carboxylic acids is 1. The Hall–Kier alpha value is -3.15. The molecule has 3 heterocycles. The molecule has 0 radical (unpaired) electrons. The van der Waals surface area contributed by atoms with E-state index in [0.29, 0.717) is 24.5 Å². The van der Waals surface area contributed by atoms with E-state index in [0.717, 1.165) is 12.0 Å². The lowest BCUT2D eigenvalue weighted by Gasteiger charge is -2.35. The van der Waals surface area contributed by atoms with Gasteiger partial charge in [-0.1, -0.05) is 24.3 Å². The maximum atomic E-state index is 13.3. The first kappa shape index (κ1) is 17.3. The van der Waals surface area contributed by atoms with Crippen molar-refractivity contribution >= 4 is 5.91 Å². The van der Waals surface area contributed by atoms with Crippen LogP contribution in [-0.4, -0.2) is 27.1 Å². The smallest absolute Gasteiger partial charge is 0.267 e. The van der Waals surface area contributed by atoms with Crippen LogP contribution in [-0.2, 0) is 23.3 Å². The molecule has 27 heavy (non-hydrogen) atoms. The number of furan rings is 1. The molecule has 0 unspecified atom stereocenters. The van der Waals surface area contributed by atoms with Crippen LogP contribution in [0.5, 0.6) is 0 Å². The first-order chi connectivity index (χ1) is 13.0. The Labute approximate surface area is 157 Å². The lowest BCUT2D eigenvalue weighted by molar-refractivity contribution is -0.141. The SMILES string of the molecule is CC(C)(C(=O)N1CCc2ccccc2C1)n1nc(-c2ccco2)ccc1=O. The predicted molar refractivity (Wildman–Crippen MR) is 101 cm³/mol. The molecule has 0 N–H and O–H groups in total. The van der Waals surface area contributed by atoms with E-state index in [9.17, 15) is 9.59 Å². The fraction of sp³-hybridized carbons (Fsp3) is 0.286. The van der Waals surface area contributed by atoms with E-state index >= 15 is 0 Å². The van der Waals surface area contributed by atoms with Gasteiger partial charge in [0.05, 0.1) is 6.26 Å². The summed E-state index contributed by atoms with van der Waals surface area (Å²) in [6.07, 6.45) is 2.36. The molecule has 0 saturated heterocycles. The standard InChI is InChI=1S/C21H21N3O3/c1-21(2,20(26)23-12-11-15-6-3-4-7-16(15)14-23)24-19(25)10-9-17(22-24)18-8-5-13-27-18/h3-10,13H,11-12,14H2,1-2H3. The number of carbonyl (C=O) groups is 1. The van der Waals surface area contributed by atoms with E-state index < -0.39 is 5.54 Å². The van der Waals surface area contributed by atoms with Gasteiger partial charge in [-0.2, -0.15) is 5.10 Å². The number of nitrogens with zero attached hydrogens (tertiary/aromatic N) is 3. The van der Waals surface area contributed by atoms with Crippen molar-refractivity contribution in [3.63, 3.8) is 0 Å². The number of hydrogen-bond acceptors (Lipinski definition) is 4. The Kier molecular flexibility index (Phi) is 4.18. The number of aromatic nitrogens is 2. The van der Waals surface area contributed by atoms with E-state index in [1.54, 1.807) is 43.2 Å². The summed E-state index contributed by atoms with van der Waals surface area (Å²) in [5, 5.41) is 4.41. The summed E-state index contributed by atoms with van der Waals surface area (Å²) in [5.74, 6) is 0.432. The summed E-state index contributed by atoms with van der Waals surface area (Å²) in [7, 11) is 0. The van der Waals surface area contributed by atoms with Crippen LogP contribution in [0.4, 0.5) is 0 Å². The molecular formula is C21H21N3O3. The predicted octanol–water partition coefficient (Wildman–Crippen LogP) is 2.82. The van der Waals surface area contributed by atoms with Crippen LogP contribution in [0.25, 0.3) is 11.5 Å². The average molecular weight is 363 g/mol. The molecule has 4 rings (SSSR count). The van der Waals surface area contributed by atoms with Crippen molar-refractivity contribution in [1.82, 2.24) is 14.7 Å². The second-order valence-corrected chi connectivity index (χ2v) is 7.25. The highest BCUT2D eigenvalue weighted by Crippen LogP contribution is 2.24. The Morgan fingerprint density at radius 2 is 1.85 bits per heavy atom. The van der Waals surface area contributed by atoms with Crippen LogP contribution < -0.4 is 5.56 Å². The number of fused-ring (bicyclic) bond motifs is 1. The van der Waals surface area contributed by atoms with Gasteiger partial charge < -0.3 is 9.32 Å². The van der Waals surface area contributed by atoms with Gasteiger partial charge in [-0.25, -0.2) is 4.68 Å². The first-order valence-corrected chi connectivity index (χ1v) is 8.98. The fourth-order valence-corrected chi connectivity index (χ4v) is 3.51. The molecular weight excluding hydrogens is 342 g/mol. The number of rotatable bonds is 3. The average Bonchev–Trinajstić information content (AvgIpc) is 3.22. The van der Waals surface area contributed by atoms with Crippen molar-refractivity contribution in [2.24, 2.45) is 0 Å². The zero-order chi connectivity index (χ0) is 19.0. The summed E-state index contributed by atoms with van der Waals surface area (Å²) in [6, 6.07) is 14.7. The van der Waals surface area contributed by atoms with Crippen LogP contribution in [0.3, 0.4) is 0 Å². The lowest BCUT2D eigenvalue weighted by atomic mass is 9.96. The highest BCUT2D eigenvalue weighted by atomic mass is 16.3. The Morgan fingerprint density at radius 3 is 2.59 bits per heavy atom. The fourth-order valence-electron chi connectivity index (χ4n) is 3.51. The van der Waals surface area contributed by atoms with Gasteiger partial charge in [0, 0.05) is 19.2 Å². The summed E-state index contributed by atoms with van der Waals surface area (Å²) >= 11 is 0. The molecule has 0 saturated carbocycles. The van der Waals surface area contributed by atoms with E-state index in [1.807, 2.05) is 18.2 Å². The topological polar surface area (TPSA) is 68.3 Å². The molecule has 6 heteroatoms. The minimum Gasteiger partial charge on any atom is -0.463 e. The second kappa shape index (κ2) is 6.54. The Balaban J connectivity index is 1.66. The zero-order valence-electron chi connectivity index (χ0n) is 15.4. The van der Waals surface area contributed by atoms with Crippen LogP contribution in [0.2, 0.25) is 0 Å². The highest BCUT2D eigenvalue weighted by Gasteiger charge is 2.37. The minimum atomic E-state index is -1.11. The van der Waals surface area contributed by atoms with Gasteiger partial charge >= 0.3 is 0 Å². The maximum Gasteiger partial charge on any atom is 0.267 e. The quantitative estimate of drug-likeness (QED) is 0.718. The molecule has 3 aromatic rings. The second-order valence-electron chi connectivity index (χ2n) is 7.25. The van der Waals surface area contributed by atoms with Crippen molar-refractivity contribution in [1.29, 1.82) is 0 Å². The summed E-state index contributed by atoms with van der Waals surface area (Å²) in [4.78, 5) is 27.6. The van der Waals surface area contributed by atoms with Gasteiger partial charge in [0.25, 0.3) is 5.56 Å². The van der Waals surface area contributed by atoms with Crippen molar-refractivity contribution in [2.45, 2.75) is 32.4 Å². The molecule has 0 atom stereocenters. The van der Waals surface area contributed by atoms with Crippen LogP contribution in [0, 0.1) is 0 Å². The van der Waals surface area contributed by atoms with Gasteiger partial charge in [-0.3, -0.25) is 9.59 Å². The largest absolute Gasteiger partial charge is 0.463 e. The van der Waals surface area contributed by atoms with Crippen molar-refractivity contribution in [3.05, 3.63) is 76.3 Å². The summed E-state index contributed by atoms with van der Waals surface area (Å²) < 4.78 is 6.63. The van der Waals surface area contributed by atoms with E-state index in [1.165, 1.54) is 16.3 Å². The molecule has 0 spiro atoms. The molecule has 1 amide bonds. The molecule has 138 valence electrons. The summed E-state index contributed by atoms with van der Waals surface area (Å²) in [5.41, 5.74) is 1.52. The third kappa shape index (κ3) is 3.07. The maximum absolute atomic E-state index is 13.3. The van der Waals surface area contributed by atoms with E-state index in [-0.39, 0.29) is 11.5 Å². The molecule has 2 aromatic heterocycles. The monoisotopic (exact) mass is 363 g/mol. The van der Waals surface area contributed by atoms with Gasteiger partial charge in [0.2, 0.25) is 5.91 Å². The van der Waals surface area contributed by atoms with Crippen LogP contribution in [0.1, 0.15) is 25.0 Å². The molecule has 1 aliphatic rings. The number of hydrogen-bond donors (Lipinski definition) is 0. The molecule has 0 aliphatic carbocycles. The molecule has 0 bridgehead atoms. The van der Waals surface area contributed by atoms with E-state index in [4.69, 9.17) is 4.42 Å². The highest BCUT2D eigenvalue weighted by molar-refractivity contribution is 5.84. The van der Waals surface area contributed by atoms with Crippen molar-refractivity contribution in [2.75, 3.05) is 6.54 Å². The molecule has 1 aromatic carbocycles. The van der Waals surface area contributed by atoms with Gasteiger partial charge in [-0.05, 0) is 49.6 Å². The van der Waals surface area contributed by atoms with Crippen LogP contribution >= 0.6 is 0 Å². The van der Waals surface area contributed by atoms with Crippen molar-refractivity contribution in [3.8, 4) is 11.5 Å². The first-order valence-electron chi connectivity index (χ1n) is 8.98. The lowest BCUT2D eigenvalue weighted by Crippen LogP contribution is -2.52. The summed E-state index contributed by atoms with van der Waals surface area (Å²) in [6.45, 7) is 4.64. The third-order valence-electron chi connectivity index (χ3n) is 5.04. The van der Waals surface area contributed by atoms with Gasteiger partial charge in [0.15, 0.2) is 5.76 Å². The molecule has 1 aliphatic heterocycles. The number of benzene rings is 1. The molecule has 0 fully saturated rings. The van der Waals surface area contributed by atoms with Gasteiger partial charge in [-0.15, -0.1) is 0 Å². The normalized spacial score (nSPS) is 14.1. The molecule has 6 nitrogen and oxygen atoms in total. The zero-order valence-corrected chi connectivity index (χ0v) is 15.4. The Bertz CT molecular complexity index is 1030. The van der Waals surface area contributed by atoms with Crippen molar-refractivity contribution < 1.29 is 9.21 Å². The Morgan fingerprint density at radius 1 is 1.07 bits per heavy atom. The third-order valence-corrected chi connectivity index (χ3v) is 5.04. The van der Waals surface area contributed by atoms with Gasteiger partial charge in [0.1, 0.15) is 11.2 Å². The van der Waals surface area contributed by atoms with Crippen LogP contribution in [0.15, 0.2) is 64.0 Å². The number of amides is 1. The minimum absolute atomic E-state index is 0.122. The van der Waals surface area contributed by atoms with E-state index in [2.05, 4.69) is 11.2 Å².